The summed E-state index contributed by atoms with van der Waals surface area (Å²) in [5.74, 6) is 0. The van der Waals surface area contributed by atoms with E-state index < -0.39 is 0 Å². The summed E-state index contributed by atoms with van der Waals surface area (Å²) in [6, 6.07) is 2.44. The van der Waals surface area contributed by atoms with Crippen molar-refractivity contribution in [2.45, 2.75) is 65.3 Å². The lowest BCUT2D eigenvalue weighted by Crippen LogP contribution is -2.44. The normalized spacial score (nSPS) is 14.4. The van der Waals surface area contributed by atoms with Crippen LogP contribution in [0.15, 0.2) is 0 Å². The predicted octanol–water partition coefficient (Wildman–Crippen LogP) is 3.17. The van der Waals surface area contributed by atoms with E-state index in [1.807, 2.05) is 6.92 Å². The molecule has 0 aliphatic carbocycles. The molecule has 0 radical (unpaired) electrons. The van der Waals surface area contributed by atoms with E-state index in [0.717, 1.165) is 39.0 Å². The van der Waals surface area contributed by atoms with Gasteiger partial charge in [-0.2, -0.15) is 5.26 Å². The SMILES string of the molecule is CCCCCCC(C)(C#N)NCCN(CC)CC. The van der Waals surface area contributed by atoms with Crippen molar-refractivity contribution in [3.63, 3.8) is 0 Å². The lowest BCUT2D eigenvalue weighted by atomic mass is 9.95. The van der Waals surface area contributed by atoms with Gasteiger partial charge in [0.25, 0.3) is 0 Å². The van der Waals surface area contributed by atoms with Gasteiger partial charge < -0.3 is 4.90 Å². The van der Waals surface area contributed by atoms with E-state index in [4.69, 9.17) is 0 Å². The van der Waals surface area contributed by atoms with Crippen LogP contribution in [0.2, 0.25) is 0 Å². The summed E-state index contributed by atoms with van der Waals surface area (Å²) in [4.78, 5) is 2.38. The molecule has 0 fully saturated rings. The van der Waals surface area contributed by atoms with E-state index >= 15 is 0 Å². The summed E-state index contributed by atoms with van der Waals surface area (Å²) in [6.07, 6.45) is 5.88. The molecular weight excluding hydrogens is 222 g/mol. The molecule has 106 valence electrons. The third kappa shape index (κ3) is 7.68. The maximum atomic E-state index is 9.30. The lowest BCUT2D eigenvalue weighted by molar-refractivity contribution is 0.284. The van der Waals surface area contributed by atoms with Crippen molar-refractivity contribution < 1.29 is 0 Å². The van der Waals surface area contributed by atoms with Crippen LogP contribution >= 0.6 is 0 Å². The first-order valence-electron chi connectivity index (χ1n) is 7.50. The van der Waals surface area contributed by atoms with Crippen LogP contribution in [0.1, 0.15) is 59.8 Å². The zero-order valence-corrected chi connectivity index (χ0v) is 12.8. The molecule has 3 heteroatoms. The summed E-state index contributed by atoms with van der Waals surface area (Å²) in [7, 11) is 0. The van der Waals surface area contributed by atoms with Crippen molar-refractivity contribution in [2.24, 2.45) is 0 Å². The summed E-state index contributed by atoms with van der Waals surface area (Å²) < 4.78 is 0. The molecule has 0 heterocycles. The number of nitrogens with one attached hydrogen (secondary N) is 1. The topological polar surface area (TPSA) is 39.1 Å². The van der Waals surface area contributed by atoms with Crippen LogP contribution in [0.5, 0.6) is 0 Å². The second kappa shape index (κ2) is 10.3. The molecule has 0 aliphatic rings. The molecule has 1 unspecified atom stereocenters. The fourth-order valence-corrected chi connectivity index (χ4v) is 2.12. The summed E-state index contributed by atoms with van der Waals surface area (Å²) in [5.41, 5.74) is -0.346. The van der Waals surface area contributed by atoms with Crippen molar-refractivity contribution in [1.82, 2.24) is 10.2 Å². The van der Waals surface area contributed by atoms with E-state index in [1.165, 1.54) is 19.3 Å². The molecule has 1 atom stereocenters. The van der Waals surface area contributed by atoms with Crippen LogP contribution in [0.4, 0.5) is 0 Å². The minimum absolute atomic E-state index is 0.346. The maximum Gasteiger partial charge on any atom is 0.103 e. The Morgan fingerprint density at radius 2 is 1.78 bits per heavy atom. The van der Waals surface area contributed by atoms with Crippen LogP contribution in [0.25, 0.3) is 0 Å². The Labute approximate surface area is 114 Å². The van der Waals surface area contributed by atoms with Crippen LogP contribution in [0, 0.1) is 11.3 Å². The van der Waals surface area contributed by atoms with Crippen LogP contribution < -0.4 is 5.32 Å². The van der Waals surface area contributed by atoms with Crippen LogP contribution in [-0.4, -0.2) is 36.6 Å². The van der Waals surface area contributed by atoms with Gasteiger partial charge in [-0.05, 0) is 26.4 Å². The number of nitrogens with zero attached hydrogens (tertiary/aromatic N) is 2. The van der Waals surface area contributed by atoms with Gasteiger partial charge >= 0.3 is 0 Å². The molecule has 0 rings (SSSR count). The Hall–Kier alpha value is -0.590. The molecule has 0 aromatic rings. The minimum Gasteiger partial charge on any atom is -0.303 e. The fraction of sp³-hybridized carbons (Fsp3) is 0.933. The Bertz CT molecular complexity index is 230. The summed E-state index contributed by atoms with van der Waals surface area (Å²) in [5, 5.41) is 12.7. The molecule has 1 N–H and O–H groups in total. The highest BCUT2D eigenvalue weighted by atomic mass is 15.1. The van der Waals surface area contributed by atoms with Gasteiger partial charge in [0.15, 0.2) is 0 Å². The van der Waals surface area contributed by atoms with Gasteiger partial charge in [-0.25, -0.2) is 0 Å². The van der Waals surface area contributed by atoms with Crippen LogP contribution in [0.3, 0.4) is 0 Å². The molecule has 0 aromatic heterocycles. The number of hydrogen-bond donors (Lipinski definition) is 1. The van der Waals surface area contributed by atoms with Crippen molar-refractivity contribution >= 4 is 0 Å². The average molecular weight is 253 g/mol. The van der Waals surface area contributed by atoms with Crippen molar-refractivity contribution in [2.75, 3.05) is 26.2 Å². The minimum atomic E-state index is -0.346. The fourth-order valence-electron chi connectivity index (χ4n) is 2.12. The number of likely N-dealkylation sites (N-methyl/N-ethyl adjacent to an activating group) is 1. The zero-order chi connectivity index (χ0) is 13.9. The Morgan fingerprint density at radius 3 is 2.28 bits per heavy atom. The number of rotatable bonds is 11. The Kier molecular flexibility index (Phi) is 10.0. The molecule has 0 spiro atoms. The number of hydrogen-bond acceptors (Lipinski definition) is 3. The van der Waals surface area contributed by atoms with Crippen molar-refractivity contribution in [3.8, 4) is 6.07 Å². The quantitative estimate of drug-likeness (QED) is 0.575. The van der Waals surface area contributed by atoms with Crippen molar-refractivity contribution in [3.05, 3.63) is 0 Å². The Morgan fingerprint density at radius 1 is 1.11 bits per heavy atom. The lowest BCUT2D eigenvalue weighted by Gasteiger charge is -2.25. The molecule has 0 aromatic carbocycles. The van der Waals surface area contributed by atoms with Gasteiger partial charge in [-0.15, -0.1) is 0 Å². The smallest absolute Gasteiger partial charge is 0.103 e. The molecule has 0 aliphatic heterocycles. The molecular formula is C15H31N3. The van der Waals surface area contributed by atoms with E-state index in [9.17, 15) is 5.26 Å². The number of unbranched alkanes of at least 4 members (excludes halogenated alkanes) is 3. The van der Waals surface area contributed by atoms with Gasteiger partial charge in [-0.1, -0.05) is 46.5 Å². The zero-order valence-electron chi connectivity index (χ0n) is 12.8. The highest BCUT2D eigenvalue weighted by Crippen LogP contribution is 2.14. The molecule has 0 saturated heterocycles. The predicted molar refractivity (Wildman–Crippen MR) is 78.6 cm³/mol. The van der Waals surface area contributed by atoms with E-state index in [1.54, 1.807) is 0 Å². The van der Waals surface area contributed by atoms with Crippen LogP contribution in [-0.2, 0) is 0 Å². The van der Waals surface area contributed by atoms with E-state index in [2.05, 4.69) is 37.1 Å². The van der Waals surface area contributed by atoms with Crippen molar-refractivity contribution in [1.29, 1.82) is 5.26 Å². The van der Waals surface area contributed by atoms with Gasteiger partial charge in [0.1, 0.15) is 5.54 Å². The third-order valence-corrected chi connectivity index (χ3v) is 3.61. The number of nitriles is 1. The second-order valence-electron chi connectivity index (χ2n) is 5.21. The van der Waals surface area contributed by atoms with Gasteiger partial charge in [0.2, 0.25) is 0 Å². The van der Waals surface area contributed by atoms with E-state index in [0.29, 0.717) is 0 Å². The summed E-state index contributed by atoms with van der Waals surface area (Å²) >= 11 is 0. The Balaban J connectivity index is 3.89. The molecule has 0 amide bonds. The standard InChI is InChI=1S/C15H31N3/c1-5-8-9-10-11-15(4,14-16)17-12-13-18(6-2)7-3/h17H,5-13H2,1-4H3. The van der Waals surface area contributed by atoms with Gasteiger partial charge in [-0.3, -0.25) is 5.32 Å². The average Bonchev–Trinajstić information content (AvgIpc) is 2.40. The molecule has 0 saturated carbocycles. The van der Waals surface area contributed by atoms with Gasteiger partial charge in [0, 0.05) is 13.1 Å². The largest absolute Gasteiger partial charge is 0.303 e. The maximum absolute atomic E-state index is 9.30. The van der Waals surface area contributed by atoms with Gasteiger partial charge in [0.05, 0.1) is 6.07 Å². The monoisotopic (exact) mass is 253 g/mol. The molecule has 0 bridgehead atoms. The second-order valence-corrected chi connectivity index (χ2v) is 5.21. The first kappa shape index (κ1) is 17.4. The molecule has 3 nitrogen and oxygen atoms in total. The highest BCUT2D eigenvalue weighted by Gasteiger charge is 2.22. The van der Waals surface area contributed by atoms with E-state index in [-0.39, 0.29) is 5.54 Å². The summed E-state index contributed by atoms with van der Waals surface area (Å²) in [6.45, 7) is 12.7. The first-order chi connectivity index (χ1) is 8.61. The molecule has 18 heavy (non-hydrogen) atoms. The first-order valence-corrected chi connectivity index (χ1v) is 7.50. The third-order valence-electron chi connectivity index (χ3n) is 3.61. The highest BCUT2D eigenvalue weighted by molar-refractivity contribution is 5.03.